The molecule has 1 amide bonds. The van der Waals surface area contributed by atoms with Crippen molar-refractivity contribution in [2.45, 2.75) is 36.0 Å². The number of aromatic nitrogens is 3. The first-order valence-corrected chi connectivity index (χ1v) is 14.1. The summed E-state index contributed by atoms with van der Waals surface area (Å²) in [5.41, 5.74) is 1.59. The van der Waals surface area contributed by atoms with Gasteiger partial charge in [0.25, 0.3) is 5.91 Å². The Morgan fingerprint density at radius 1 is 0.976 bits per heavy atom. The van der Waals surface area contributed by atoms with E-state index >= 15 is 0 Å². The minimum absolute atomic E-state index is 0.0263. The molecule has 0 saturated heterocycles. The van der Waals surface area contributed by atoms with Gasteiger partial charge < -0.3 is 16.0 Å². The lowest BCUT2D eigenvalue weighted by Crippen LogP contribution is -2.35. The molecule has 11 nitrogen and oxygen atoms in total. The van der Waals surface area contributed by atoms with Crippen LogP contribution in [0, 0.1) is 11.3 Å². The molecule has 0 aliphatic heterocycles. The number of primary sulfonamides is 1. The van der Waals surface area contributed by atoms with Gasteiger partial charge >= 0.3 is 6.18 Å². The van der Waals surface area contributed by atoms with Gasteiger partial charge in [-0.3, -0.25) is 4.79 Å². The van der Waals surface area contributed by atoms with Crippen LogP contribution in [-0.4, -0.2) is 47.5 Å². The van der Waals surface area contributed by atoms with E-state index < -0.39 is 28.3 Å². The number of hydrogen-bond acceptors (Lipinski definition) is 9. The maximum absolute atomic E-state index is 13.1. The van der Waals surface area contributed by atoms with E-state index in [1.165, 1.54) is 24.3 Å². The predicted octanol–water partition coefficient (Wildman–Crippen LogP) is 3.71. The molecular weight excluding hydrogens is 573 g/mol. The van der Waals surface area contributed by atoms with Crippen LogP contribution in [0.15, 0.2) is 65.6 Å². The lowest BCUT2D eigenvalue weighted by Gasteiger charge is -2.14. The number of rotatable bonds is 9. The van der Waals surface area contributed by atoms with E-state index in [1.54, 1.807) is 36.4 Å². The highest BCUT2D eigenvalue weighted by Crippen LogP contribution is 2.34. The number of carbonyl (C=O) groups is 1. The third-order valence-electron chi connectivity index (χ3n) is 6.46. The van der Waals surface area contributed by atoms with Gasteiger partial charge in [-0.25, -0.2) is 23.5 Å². The van der Waals surface area contributed by atoms with Gasteiger partial charge in [0.2, 0.25) is 16.0 Å². The number of sulfonamides is 1. The third-order valence-corrected chi connectivity index (χ3v) is 7.39. The fourth-order valence-corrected chi connectivity index (χ4v) is 4.53. The van der Waals surface area contributed by atoms with Gasteiger partial charge in [-0.15, -0.1) is 0 Å². The zero-order valence-electron chi connectivity index (χ0n) is 21.7. The number of nitriles is 1. The topological polar surface area (TPSA) is 176 Å². The molecule has 0 atom stereocenters. The minimum atomic E-state index is -4.52. The lowest BCUT2D eigenvalue weighted by molar-refractivity contribution is -0.115. The van der Waals surface area contributed by atoms with E-state index in [1.807, 2.05) is 0 Å². The number of hydrogen-bond donors (Lipinski definition) is 4. The van der Waals surface area contributed by atoms with Crippen molar-refractivity contribution in [3.8, 4) is 17.3 Å². The fourth-order valence-electron chi connectivity index (χ4n) is 4.01. The molecule has 0 unspecified atom stereocenters. The van der Waals surface area contributed by atoms with Gasteiger partial charge in [0.1, 0.15) is 17.6 Å². The monoisotopic (exact) mass is 596 g/mol. The maximum atomic E-state index is 13.1. The van der Waals surface area contributed by atoms with Crippen molar-refractivity contribution in [2.75, 3.05) is 17.2 Å². The van der Waals surface area contributed by atoms with Crippen LogP contribution in [0.1, 0.15) is 28.8 Å². The average Bonchev–Trinajstić information content (AvgIpc) is 3.73. The van der Waals surface area contributed by atoms with Crippen LogP contribution in [0.5, 0.6) is 0 Å². The summed E-state index contributed by atoms with van der Waals surface area (Å²) in [4.78, 5) is 25.5. The number of anilines is 2. The summed E-state index contributed by atoms with van der Waals surface area (Å²) in [7, 11) is -3.85. The van der Waals surface area contributed by atoms with Gasteiger partial charge in [0.15, 0.2) is 5.82 Å². The number of amides is 1. The molecule has 1 saturated carbocycles. The van der Waals surface area contributed by atoms with E-state index in [-0.39, 0.29) is 40.1 Å². The second kappa shape index (κ2) is 10.9. The van der Waals surface area contributed by atoms with Crippen molar-refractivity contribution in [1.82, 2.24) is 20.3 Å². The number of nitrogens with two attached hydrogens (primary N) is 1. The molecule has 1 aliphatic rings. The molecule has 5 rings (SSSR count). The quantitative estimate of drug-likeness (QED) is 0.224. The van der Waals surface area contributed by atoms with E-state index in [4.69, 9.17) is 5.14 Å². The Labute approximate surface area is 238 Å². The smallest absolute Gasteiger partial charge is 0.359 e. The molecule has 4 aromatic rings. The zero-order valence-corrected chi connectivity index (χ0v) is 22.6. The Bertz CT molecular complexity index is 1800. The molecule has 0 bridgehead atoms. The van der Waals surface area contributed by atoms with Gasteiger partial charge in [-0.1, -0.05) is 24.3 Å². The van der Waals surface area contributed by atoms with Crippen molar-refractivity contribution in [3.63, 3.8) is 0 Å². The number of pyridine rings is 1. The highest BCUT2D eigenvalue weighted by Gasteiger charge is 2.44. The largest absolute Gasteiger partial charge is 0.405 e. The van der Waals surface area contributed by atoms with Gasteiger partial charge in [-0.2, -0.15) is 23.4 Å². The van der Waals surface area contributed by atoms with Gasteiger partial charge in [0.05, 0.1) is 22.2 Å². The highest BCUT2D eigenvalue weighted by molar-refractivity contribution is 7.89. The molecule has 1 fully saturated rings. The van der Waals surface area contributed by atoms with Gasteiger partial charge in [0, 0.05) is 17.7 Å². The Morgan fingerprint density at radius 3 is 2.26 bits per heavy atom. The molecule has 42 heavy (non-hydrogen) atoms. The second-order valence-corrected chi connectivity index (χ2v) is 11.3. The molecule has 5 N–H and O–H groups in total. The molecule has 0 radical (unpaired) electrons. The average molecular weight is 597 g/mol. The summed E-state index contributed by atoms with van der Waals surface area (Å²) in [6.45, 7) is -1.20. The Kier molecular flexibility index (Phi) is 7.43. The molecule has 15 heteroatoms. The third kappa shape index (κ3) is 6.73. The van der Waals surface area contributed by atoms with Gasteiger partial charge in [-0.05, 0) is 54.8 Å². The standard InChI is InChI=1S/C27H23F3N8O3S/c28-27(29,30)15-34-23-22-21(36-25(37-23)33-13-16-1-7-19(8-2-16)42(32,40)41)10-9-20(35-22)17-3-5-18(6-4-17)24(39)38-26(14-31)11-12-26/h1-10H,11-13,15H2,(H,38,39)(H2,32,40,41)(H2,33,34,36,37). The van der Waals surface area contributed by atoms with Crippen molar-refractivity contribution in [2.24, 2.45) is 5.14 Å². The SMILES string of the molecule is N#CC1(NC(=O)c2ccc(-c3ccc4nc(NCc5ccc(S(N)(=O)=O)cc5)nc(NCC(F)(F)F)c4n3)cc2)CC1. The number of benzene rings is 2. The summed E-state index contributed by atoms with van der Waals surface area (Å²) < 4.78 is 62.1. The number of carbonyl (C=O) groups excluding carboxylic acids is 1. The molecule has 2 heterocycles. The van der Waals surface area contributed by atoms with Crippen LogP contribution in [0.2, 0.25) is 0 Å². The summed E-state index contributed by atoms with van der Waals surface area (Å²) in [5.74, 6) is -0.494. The summed E-state index contributed by atoms with van der Waals surface area (Å²) in [6.07, 6.45) is -3.31. The normalized spacial score (nSPS) is 14.2. The van der Waals surface area contributed by atoms with Crippen LogP contribution < -0.4 is 21.1 Å². The molecule has 2 aromatic carbocycles. The molecule has 1 aliphatic carbocycles. The van der Waals surface area contributed by atoms with E-state index in [2.05, 4.69) is 37.0 Å². The summed E-state index contributed by atoms with van der Waals surface area (Å²) in [6, 6.07) is 17.5. The molecule has 216 valence electrons. The molecule has 2 aromatic heterocycles. The van der Waals surface area contributed by atoms with E-state index in [0.29, 0.717) is 35.2 Å². The Hall–Kier alpha value is -4.81. The summed E-state index contributed by atoms with van der Waals surface area (Å²) >= 11 is 0. The fraction of sp³-hybridized carbons (Fsp3) is 0.222. The molecular formula is C27H23F3N8O3S. The van der Waals surface area contributed by atoms with E-state index in [0.717, 1.165) is 0 Å². The van der Waals surface area contributed by atoms with Crippen molar-refractivity contribution in [3.05, 3.63) is 71.8 Å². The van der Waals surface area contributed by atoms with Crippen LogP contribution in [0.3, 0.4) is 0 Å². The van der Waals surface area contributed by atoms with Crippen LogP contribution in [0.25, 0.3) is 22.3 Å². The zero-order chi connectivity index (χ0) is 30.1. The summed E-state index contributed by atoms with van der Waals surface area (Å²) in [5, 5.41) is 22.2. The van der Waals surface area contributed by atoms with Crippen molar-refractivity contribution in [1.29, 1.82) is 5.26 Å². The Morgan fingerprint density at radius 2 is 1.67 bits per heavy atom. The minimum Gasteiger partial charge on any atom is -0.359 e. The van der Waals surface area contributed by atoms with Crippen LogP contribution in [0.4, 0.5) is 24.9 Å². The first kappa shape index (κ1) is 28.7. The number of halogens is 3. The lowest BCUT2D eigenvalue weighted by atomic mass is 10.1. The predicted molar refractivity (Wildman–Crippen MR) is 147 cm³/mol. The van der Waals surface area contributed by atoms with Crippen LogP contribution in [-0.2, 0) is 16.6 Å². The van der Waals surface area contributed by atoms with Crippen LogP contribution >= 0.6 is 0 Å². The number of nitrogens with zero attached hydrogens (tertiary/aromatic N) is 4. The number of nitrogens with one attached hydrogen (secondary N) is 3. The van der Waals surface area contributed by atoms with Crippen molar-refractivity contribution >= 4 is 38.7 Å². The second-order valence-electron chi connectivity index (χ2n) is 9.70. The van der Waals surface area contributed by atoms with Crippen molar-refractivity contribution < 1.29 is 26.4 Å². The first-order chi connectivity index (χ1) is 19.8. The Balaban J connectivity index is 1.39. The highest BCUT2D eigenvalue weighted by atomic mass is 32.2. The number of fused-ring (bicyclic) bond motifs is 1. The maximum Gasteiger partial charge on any atom is 0.405 e. The first-order valence-electron chi connectivity index (χ1n) is 12.5. The van der Waals surface area contributed by atoms with E-state index in [9.17, 15) is 31.6 Å². The number of alkyl halides is 3. The molecule has 0 spiro atoms.